The van der Waals surface area contributed by atoms with E-state index in [9.17, 15) is 4.79 Å². The Morgan fingerprint density at radius 3 is 2.78 bits per heavy atom. The first-order chi connectivity index (χ1) is 8.75. The van der Waals surface area contributed by atoms with E-state index in [-0.39, 0.29) is 0 Å². The maximum atomic E-state index is 11.4. The van der Waals surface area contributed by atoms with Crippen LogP contribution in [0, 0.1) is 0 Å². The lowest BCUT2D eigenvalue weighted by atomic mass is 10.0. The Kier molecular flexibility index (Phi) is 2.88. The Balaban J connectivity index is 2.09. The minimum atomic E-state index is -0.390. The van der Waals surface area contributed by atoms with Crippen molar-refractivity contribution in [2.75, 3.05) is 0 Å². The van der Waals surface area contributed by atoms with Crippen molar-refractivity contribution in [1.82, 2.24) is 4.98 Å². The second-order valence-corrected chi connectivity index (χ2v) is 5.59. The molecule has 0 spiro atoms. The predicted octanol–water partition coefficient (Wildman–Crippen LogP) is 2.79. The SMILES string of the molecule is NC(=O)c1ccccc1-c1nc2c(s1)CCCC2. The van der Waals surface area contributed by atoms with Crippen molar-refractivity contribution in [2.24, 2.45) is 5.73 Å². The second-order valence-electron chi connectivity index (χ2n) is 4.51. The first-order valence-corrected chi connectivity index (χ1v) is 6.95. The summed E-state index contributed by atoms with van der Waals surface area (Å²) >= 11 is 1.70. The van der Waals surface area contributed by atoms with Crippen LogP contribution in [0.3, 0.4) is 0 Å². The van der Waals surface area contributed by atoms with Crippen molar-refractivity contribution in [3.05, 3.63) is 40.4 Å². The van der Waals surface area contributed by atoms with Crippen LogP contribution in [0.2, 0.25) is 0 Å². The zero-order chi connectivity index (χ0) is 12.5. The number of primary amides is 1. The largest absolute Gasteiger partial charge is 0.366 e. The summed E-state index contributed by atoms with van der Waals surface area (Å²) in [5.74, 6) is -0.390. The molecule has 1 aromatic heterocycles. The Morgan fingerprint density at radius 1 is 1.22 bits per heavy atom. The van der Waals surface area contributed by atoms with Gasteiger partial charge in [-0.15, -0.1) is 11.3 Å². The van der Waals surface area contributed by atoms with Gasteiger partial charge in [0.25, 0.3) is 0 Å². The van der Waals surface area contributed by atoms with Gasteiger partial charge in [0.15, 0.2) is 0 Å². The number of carbonyl (C=O) groups excluding carboxylic acids is 1. The van der Waals surface area contributed by atoms with Gasteiger partial charge in [-0.2, -0.15) is 0 Å². The molecule has 3 rings (SSSR count). The maximum absolute atomic E-state index is 11.4. The minimum absolute atomic E-state index is 0.390. The predicted molar refractivity (Wildman–Crippen MR) is 72.7 cm³/mol. The van der Waals surface area contributed by atoms with Crippen molar-refractivity contribution in [2.45, 2.75) is 25.7 Å². The van der Waals surface area contributed by atoms with E-state index in [0.717, 1.165) is 23.4 Å². The standard InChI is InChI=1S/C14H14N2OS/c15-13(17)9-5-1-2-6-10(9)14-16-11-7-3-4-8-12(11)18-14/h1-2,5-6H,3-4,7-8H2,(H2,15,17). The van der Waals surface area contributed by atoms with Crippen molar-refractivity contribution in [1.29, 1.82) is 0 Å². The number of aromatic nitrogens is 1. The lowest BCUT2D eigenvalue weighted by Gasteiger charge is -2.06. The molecule has 0 unspecified atom stereocenters. The van der Waals surface area contributed by atoms with Crippen molar-refractivity contribution in [3.8, 4) is 10.6 Å². The van der Waals surface area contributed by atoms with Crippen LogP contribution in [0.4, 0.5) is 0 Å². The molecule has 1 aliphatic carbocycles. The molecule has 0 aliphatic heterocycles. The van der Waals surface area contributed by atoms with Gasteiger partial charge in [0, 0.05) is 16.0 Å². The second kappa shape index (κ2) is 4.53. The number of aryl methyl sites for hydroxylation is 2. The lowest BCUT2D eigenvalue weighted by Crippen LogP contribution is -2.12. The van der Waals surface area contributed by atoms with Crippen molar-refractivity contribution < 1.29 is 4.79 Å². The quantitative estimate of drug-likeness (QED) is 0.900. The molecule has 2 N–H and O–H groups in total. The number of nitrogens with two attached hydrogens (primary N) is 1. The molecular weight excluding hydrogens is 244 g/mol. The fourth-order valence-electron chi connectivity index (χ4n) is 2.35. The van der Waals surface area contributed by atoms with Crippen LogP contribution >= 0.6 is 11.3 Å². The van der Waals surface area contributed by atoms with Crippen LogP contribution in [0.25, 0.3) is 10.6 Å². The fourth-order valence-corrected chi connectivity index (χ4v) is 3.54. The molecular formula is C14H14N2OS. The van der Waals surface area contributed by atoms with E-state index in [2.05, 4.69) is 4.98 Å². The fraction of sp³-hybridized carbons (Fsp3) is 0.286. The van der Waals surface area contributed by atoms with E-state index in [4.69, 9.17) is 5.73 Å². The zero-order valence-corrected chi connectivity index (χ0v) is 10.8. The number of hydrogen-bond acceptors (Lipinski definition) is 3. The number of thiazole rings is 1. The zero-order valence-electron chi connectivity index (χ0n) is 9.98. The van der Waals surface area contributed by atoms with E-state index in [1.807, 2.05) is 18.2 Å². The monoisotopic (exact) mass is 258 g/mol. The summed E-state index contributed by atoms with van der Waals surface area (Å²) in [6.07, 6.45) is 4.63. The van der Waals surface area contributed by atoms with Crippen LogP contribution in [0.15, 0.2) is 24.3 Å². The van der Waals surface area contributed by atoms with E-state index >= 15 is 0 Å². The molecule has 0 fully saturated rings. The van der Waals surface area contributed by atoms with Crippen LogP contribution in [0.1, 0.15) is 33.8 Å². The molecule has 0 bridgehead atoms. The molecule has 0 radical (unpaired) electrons. The average Bonchev–Trinajstić information content (AvgIpc) is 2.82. The highest BCUT2D eigenvalue weighted by Crippen LogP contribution is 2.33. The third kappa shape index (κ3) is 1.93. The van der Waals surface area contributed by atoms with Gasteiger partial charge >= 0.3 is 0 Å². The highest BCUT2D eigenvalue weighted by molar-refractivity contribution is 7.15. The molecule has 2 aromatic rings. The van der Waals surface area contributed by atoms with Crippen LogP contribution in [0.5, 0.6) is 0 Å². The summed E-state index contributed by atoms with van der Waals surface area (Å²) in [7, 11) is 0. The molecule has 1 amide bonds. The average molecular weight is 258 g/mol. The summed E-state index contributed by atoms with van der Waals surface area (Å²) in [4.78, 5) is 17.5. The Morgan fingerprint density at radius 2 is 2.00 bits per heavy atom. The molecule has 4 heteroatoms. The summed E-state index contributed by atoms with van der Waals surface area (Å²) in [6.45, 7) is 0. The van der Waals surface area contributed by atoms with Gasteiger partial charge < -0.3 is 5.73 Å². The first kappa shape index (κ1) is 11.4. The summed E-state index contributed by atoms with van der Waals surface area (Å²) in [5.41, 5.74) is 8.04. The number of nitrogens with zero attached hydrogens (tertiary/aromatic N) is 1. The normalized spacial score (nSPS) is 14.2. The van der Waals surface area contributed by atoms with E-state index in [1.54, 1.807) is 17.4 Å². The third-order valence-electron chi connectivity index (χ3n) is 3.27. The summed E-state index contributed by atoms with van der Waals surface area (Å²) in [5, 5.41) is 0.927. The Labute approximate surface area is 110 Å². The minimum Gasteiger partial charge on any atom is -0.366 e. The molecule has 1 aromatic carbocycles. The molecule has 0 saturated heterocycles. The molecule has 1 heterocycles. The number of hydrogen-bond donors (Lipinski definition) is 1. The highest BCUT2D eigenvalue weighted by Gasteiger charge is 2.18. The van der Waals surface area contributed by atoms with Crippen LogP contribution < -0.4 is 5.73 Å². The van der Waals surface area contributed by atoms with Gasteiger partial charge in [0.1, 0.15) is 5.01 Å². The van der Waals surface area contributed by atoms with E-state index in [1.165, 1.54) is 23.4 Å². The van der Waals surface area contributed by atoms with E-state index < -0.39 is 5.91 Å². The molecule has 1 aliphatic rings. The number of amides is 1. The van der Waals surface area contributed by atoms with Gasteiger partial charge in [0.05, 0.1) is 5.69 Å². The van der Waals surface area contributed by atoms with Gasteiger partial charge in [-0.05, 0) is 31.7 Å². The summed E-state index contributed by atoms with van der Waals surface area (Å²) < 4.78 is 0. The van der Waals surface area contributed by atoms with Gasteiger partial charge in [-0.25, -0.2) is 4.98 Å². The molecule has 18 heavy (non-hydrogen) atoms. The van der Waals surface area contributed by atoms with Gasteiger partial charge in [-0.1, -0.05) is 18.2 Å². The van der Waals surface area contributed by atoms with Crippen molar-refractivity contribution >= 4 is 17.2 Å². The Bertz CT molecular complexity index is 580. The van der Waals surface area contributed by atoms with Crippen LogP contribution in [-0.2, 0) is 12.8 Å². The lowest BCUT2D eigenvalue weighted by molar-refractivity contribution is 0.100. The smallest absolute Gasteiger partial charge is 0.249 e. The number of carbonyl (C=O) groups is 1. The number of benzene rings is 1. The first-order valence-electron chi connectivity index (χ1n) is 6.13. The van der Waals surface area contributed by atoms with Gasteiger partial charge in [0.2, 0.25) is 5.91 Å². The third-order valence-corrected chi connectivity index (χ3v) is 4.46. The molecule has 0 atom stereocenters. The highest BCUT2D eigenvalue weighted by atomic mass is 32.1. The van der Waals surface area contributed by atoms with E-state index in [0.29, 0.717) is 5.56 Å². The molecule has 92 valence electrons. The topological polar surface area (TPSA) is 56.0 Å². The summed E-state index contributed by atoms with van der Waals surface area (Å²) in [6, 6.07) is 7.43. The molecule has 3 nitrogen and oxygen atoms in total. The van der Waals surface area contributed by atoms with Crippen LogP contribution in [-0.4, -0.2) is 10.9 Å². The number of rotatable bonds is 2. The van der Waals surface area contributed by atoms with Gasteiger partial charge in [-0.3, -0.25) is 4.79 Å². The maximum Gasteiger partial charge on any atom is 0.249 e. The number of fused-ring (bicyclic) bond motifs is 1. The Hall–Kier alpha value is -1.68. The van der Waals surface area contributed by atoms with Crippen molar-refractivity contribution in [3.63, 3.8) is 0 Å². The molecule has 0 saturated carbocycles.